The van der Waals surface area contributed by atoms with Crippen molar-refractivity contribution >= 4 is 17.7 Å². The molecule has 2 rings (SSSR count). The number of carbonyl (C=O) groups is 1. The summed E-state index contributed by atoms with van der Waals surface area (Å²) in [6.07, 6.45) is 6.41. The molecule has 1 aliphatic carbocycles. The van der Waals surface area contributed by atoms with Crippen molar-refractivity contribution in [3.63, 3.8) is 0 Å². The molecular weight excluding hydrogens is 274 g/mol. The maximum atomic E-state index is 12.2. The highest BCUT2D eigenvalue weighted by molar-refractivity contribution is 7.99. The van der Waals surface area contributed by atoms with Gasteiger partial charge in [-0.1, -0.05) is 0 Å². The smallest absolute Gasteiger partial charge is 0.255 e. The molecule has 0 spiro atoms. The number of rotatable bonds is 4. The molecule has 0 atom stereocenters. The minimum absolute atomic E-state index is 0.0129. The molecule has 0 bridgehead atoms. The molecule has 0 heterocycles. The third-order valence-corrected chi connectivity index (χ3v) is 4.93. The Morgan fingerprint density at radius 2 is 2.05 bits per heavy atom. The molecule has 110 valence electrons. The zero-order valence-corrected chi connectivity index (χ0v) is 12.7. The lowest BCUT2D eigenvalue weighted by Gasteiger charge is -2.28. The summed E-state index contributed by atoms with van der Waals surface area (Å²) in [5.74, 6) is 0.328. The van der Waals surface area contributed by atoms with Crippen LogP contribution in [0.4, 0.5) is 0 Å². The zero-order chi connectivity index (χ0) is 14.5. The minimum atomic E-state index is -0.228. The van der Waals surface area contributed by atoms with E-state index in [1.807, 2.05) is 11.8 Å². The summed E-state index contributed by atoms with van der Waals surface area (Å²) >= 11 is 1.90. The van der Waals surface area contributed by atoms with Crippen molar-refractivity contribution in [1.82, 2.24) is 5.32 Å². The van der Waals surface area contributed by atoms with Gasteiger partial charge in [0, 0.05) is 11.3 Å². The van der Waals surface area contributed by atoms with Crippen LogP contribution in [0.2, 0.25) is 0 Å². The molecule has 0 aromatic heterocycles. The van der Waals surface area contributed by atoms with Crippen molar-refractivity contribution in [3.05, 3.63) is 23.8 Å². The van der Waals surface area contributed by atoms with Crippen LogP contribution in [0.1, 0.15) is 36.0 Å². The Morgan fingerprint density at radius 3 is 2.65 bits per heavy atom. The van der Waals surface area contributed by atoms with Crippen LogP contribution >= 0.6 is 11.8 Å². The van der Waals surface area contributed by atoms with Crippen LogP contribution in [0.15, 0.2) is 18.2 Å². The highest BCUT2D eigenvalue weighted by Crippen LogP contribution is 2.28. The normalized spacial score (nSPS) is 22.3. The summed E-state index contributed by atoms with van der Waals surface area (Å²) in [6, 6.07) is 4.89. The van der Waals surface area contributed by atoms with Crippen LogP contribution in [-0.4, -0.2) is 35.7 Å². The molecule has 1 saturated carbocycles. The summed E-state index contributed by atoms with van der Waals surface area (Å²) in [7, 11) is 1.54. The van der Waals surface area contributed by atoms with Crippen molar-refractivity contribution in [1.29, 1.82) is 0 Å². The van der Waals surface area contributed by atoms with E-state index in [-0.39, 0.29) is 23.3 Å². The summed E-state index contributed by atoms with van der Waals surface area (Å²) in [4.78, 5) is 12.2. The standard InChI is InChI=1S/C15H21NO3S/c1-19-11-5-8-14(17)13(9-11)15(18)16-10-3-6-12(20-2)7-4-10/h5,8-10,12,17H,3-4,6-7H2,1-2H3,(H,16,18). The number of methoxy groups -OCH3 is 1. The van der Waals surface area contributed by atoms with E-state index in [0.717, 1.165) is 25.7 Å². The molecule has 0 radical (unpaired) electrons. The average Bonchev–Trinajstić information content (AvgIpc) is 2.48. The molecule has 20 heavy (non-hydrogen) atoms. The Hall–Kier alpha value is -1.36. The number of nitrogens with one attached hydrogen (secondary N) is 1. The van der Waals surface area contributed by atoms with Gasteiger partial charge in [-0.2, -0.15) is 11.8 Å². The largest absolute Gasteiger partial charge is 0.507 e. The predicted octanol–water partition coefficient (Wildman–Crippen LogP) is 2.80. The van der Waals surface area contributed by atoms with Gasteiger partial charge in [-0.05, 0) is 50.1 Å². The summed E-state index contributed by atoms with van der Waals surface area (Å²) < 4.78 is 5.08. The van der Waals surface area contributed by atoms with Gasteiger partial charge in [0.2, 0.25) is 0 Å². The van der Waals surface area contributed by atoms with E-state index in [1.54, 1.807) is 12.1 Å². The van der Waals surface area contributed by atoms with Crippen LogP contribution in [0, 0.1) is 0 Å². The van der Waals surface area contributed by atoms with E-state index in [1.165, 1.54) is 13.2 Å². The first kappa shape index (κ1) is 15.0. The van der Waals surface area contributed by atoms with Gasteiger partial charge in [-0.15, -0.1) is 0 Å². The van der Waals surface area contributed by atoms with Crippen LogP contribution in [0.3, 0.4) is 0 Å². The summed E-state index contributed by atoms with van der Waals surface area (Å²) in [6.45, 7) is 0. The first-order valence-corrected chi connectivity index (χ1v) is 8.13. The fourth-order valence-corrected chi connectivity index (χ4v) is 3.27. The van der Waals surface area contributed by atoms with Gasteiger partial charge in [0.05, 0.1) is 12.7 Å². The van der Waals surface area contributed by atoms with E-state index in [4.69, 9.17) is 4.74 Å². The third-order valence-electron chi connectivity index (χ3n) is 3.79. The van der Waals surface area contributed by atoms with Crippen molar-refractivity contribution in [2.75, 3.05) is 13.4 Å². The molecule has 0 aliphatic heterocycles. The van der Waals surface area contributed by atoms with E-state index in [0.29, 0.717) is 11.0 Å². The van der Waals surface area contributed by atoms with Gasteiger partial charge in [0.1, 0.15) is 11.5 Å². The molecule has 4 nitrogen and oxygen atoms in total. The molecule has 1 aromatic rings. The molecule has 2 N–H and O–H groups in total. The number of phenols is 1. The lowest BCUT2D eigenvalue weighted by Crippen LogP contribution is -2.38. The van der Waals surface area contributed by atoms with Crippen LogP contribution in [0.25, 0.3) is 0 Å². The number of aromatic hydroxyl groups is 1. The number of phenolic OH excluding ortho intramolecular Hbond substituents is 1. The van der Waals surface area contributed by atoms with E-state index in [2.05, 4.69) is 11.6 Å². The molecule has 1 aliphatic rings. The Bertz CT molecular complexity index is 470. The highest BCUT2D eigenvalue weighted by Gasteiger charge is 2.23. The van der Waals surface area contributed by atoms with Gasteiger partial charge >= 0.3 is 0 Å². The Labute approximate surface area is 123 Å². The average molecular weight is 295 g/mol. The Kier molecular flexibility index (Phi) is 5.17. The minimum Gasteiger partial charge on any atom is -0.507 e. The van der Waals surface area contributed by atoms with Gasteiger partial charge in [0.25, 0.3) is 5.91 Å². The fourth-order valence-electron chi connectivity index (χ4n) is 2.53. The number of amides is 1. The number of thioether (sulfide) groups is 1. The SMILES string of the molecule is COc1ccc(O)c(C(=O)NC2CCC(SC)CC2)c1. The molecule has 0 unspecified atom stereocenters. The van der Waals surface area contributed by atoms with Crippen molar-refractivity contribution in [2.45, 2.75) is 37.0 Å². The van der Waals surface area contributed by atoms with Crippen molar-refractivity contribution in [3.8, 4) is 11.5 Å². The second-order valence-corrected chi connectivity index (χ2v) is 6.20. The molecule has 1 amide bonds. The van der Waals surface area contributed by atoms with Gasteiger partial charge in [0.15, 0.2) is 0 Å². The Morgan fingerprint density at radius 1 is 1.35 bits per heavy atom. The van der Waals surface area contributed by atoms with Crippen LogP contribution in [-0.2, 0) is 0 Å². The summed E-state index contributed by atoms with van der Waals surface area (Å²) in [5.41, 5.74) is 0.274. The van der Waals surface area contributed by atoms with Crippen molar-refractivity contribution in [2.24, 2.45) is 0 Å². The first-order valence-electron chi connectivity index (χ1n) is 6.84. The fraction of sp³-hybridized carbons (Fsp3) is 0.533. The molecule has 1 aromatic carbocycles. The third kappa shape index (κ3) is 3.60. The van der Waals surface area contributed by atoms with E-state index >= 15 is 0 Å². The molecule has 1 fully saturated rings. The van der Waals surface area contributed by atoms with Gasteiger partial charge in [-0.3, -0.25) is 4.79 Å². The maximum absolute atomic E-state index is 12.2. The maximum Gasteiger partial charge on any atom is 0.255 e. The predicted molar refractivity (Wildman–Crippen MR) is 81.7 cm³/mol. The van der Waals surface area contributed by atoms with Crippen LogP contribution in [0.5, 0.6) is 11.5 Å². The number of ether oxygens (including phenoxy) is 1. The topological polar surface area (TPSA) is 58.6 Å². The van der Waals surface area contributed by atoms with Gasteiger partial charge in [-0.25, -0.2) is 0 Å². The molecule has 0 saturated heterocycles. The van der Waals surface area contributed by atoms with Crippen molar-refractivity contribution < 1.29 is 14.6 Å². The lowest BCUT2D eigenvalue weighted by atomic mass is 9.94. The quantitative estimate of drug-likeness (QED) is 0.897. The molecular formula is C15H21NO3S. The number of hydrogen-bond donors (Lipinski definition) is 2. The highest BCUT2D eigenvalue weighted by atomic mass is 32.2. The second kappa shape index (κ2) is 6.88. The van der Waals surface area contributed by atoms with E-state index < -0.39 is 0 Å². The Balaban J connectivity index is 1.98. The monoisotopic (exact) mass is 295 g/mol. The lowest BCUT2D eigenvalue weighted by molar-refractivity contribution is 0.0925. The van der Waals surface area contributed by atoms with E-state index in [9.17, 15) is 9.90 Å². The second-order valence-electron chi connectivity index (χ2n) is 5.07. The zero-order valence-electron chi connectivity index (χ0n) is 11.9. The van der Waals surface area contributed by atoms with Crippen LogP contribution < -0.4 is 10.1 Å². The van der Waals surface area contributed by atoms with Gasteiger partial charge < -0.3 is 15.2 Å². The molecule has 5 heteroatoms. The summed E-state index contributed by atoms with van der Waals surface area (Å²) in [5, 5.41) is 13.5. The first-order chi connectivity index (χ1) is 9.63. The number of carbonyl (C=O) groups excluding carboxylic acids is 1. The number of benzene rings is 1. The number of hydrogen-bond acceptors (Lipinski definition) is 4.